The lowest BCUT2D eigenvalue weighted by Gasteiger charge is -2.04. The lowest BCUT2D eigenvalue weighted by Crippen LogP contribution is -1.94. The highest BCUT2D eigenvalue weighted by Crippen LogP contribution is 2.29. The number of nitrogens with zero attached hydrogens (tertiary/aromatic N) is 1. The van der Waals surface area contributed by atoms with Crippen LogP contribution in [0.4, 0.5) is 0 Å². The minimum Gasteiger partial charge on any atom is -0.390 e. The summed E-state index contributed by atoms with van der Waals surface area (Å²) >= 11 is 1.40. The molecule has 0 fully saturated rings. The molecule has 3 nitrogen and oxygen atoms in total. The molecule has 0 atom stereocenters. The number of hydrogen-bond donors (Lipinski definition) is 1. The zero-order chi connectivity index (χ0) is 11.5. The van der Waals surface area contributed by atoms with Crippen molar-refractivity contribution >= 4 is 17.6 Å². The van der Waals surface area contributed by atoms with E-state index in [2.05, 4.69) is 4.98 Å². The summed E-state index contributed by atoms with van der Waals surface area (Å²) in [5, 5.41) is 9.24. The van der Waals surface area contributed by atoms with Crippen molar-refractivity contribution in [1.82, 2.24) is 4.98 Å². The fourth-order valence-electron chi connectivity index (χ4n) is 1.52. The molecule has 0 bridgehead atoms. The Morgan fingerprint density at radius 2 is 2.19 bits per heavy atom. The molecule has 1 N–H and O–H groups in total. The van der Waals surface area contributed by atoms with Crippen LogP contribution in [0.1, 0.15) is 21.1 Å². The van der Waals surface area contributed by atoms with Gasteiger partial charge in [0.25, 0.3) is 0 Å². The average molecular weight is 233 g/mol. The fraction of sp³-hybridized carbons (Fsp3) is 0.167. The van der Waals surface area contributed by atoms with Gasteiger partial charge in [0.1, 0.15) is 0 Å². The Morgan fingerprint density at radius 3 is 2.81 bits per heavy atom. The van der Waals surface area contributed by atoms with E-state index in [1.807, 2.05) is 25.1 Å². The summed E-state index contributed by atoms with van der Waals surface area (Å²) in [7, 11) is 0. The number of aliphatic hydroxyl groups excluding tert-OH is 1. The second-order valence-electron chi connectivity index (χ2n) is 3.42. The smallest absolute Gasteiger partial charge is 0.160 e. The van der Waals surface area contributed by atoms with Gasteiger partial charge < -0.3 is 5.11 Å². The molecule has 4 heteroatoms. The number of hydrogen-bond acceptors (Lipinski definition) is 4. The van der Waals surface area contributed by atoms with Crippen LogP contribution in [0.15, 0.2) is 24.3 Å². The third-order valence-electron chi connectivity index (χ3n) is 2.27. The number of pyridine rings is 1. The van der Waals surface area contributed by atoms with Crippen molar-refractivity contribution in [3.05, 3.63) is 40.5 Å². The van der Waals surface area contributed by atoms with Gasteiger partial charge in [-0.2, -0.15) is 0 Å². The molecule has 16 heavy (non-hydrogen) atoms. The fourth-order valence-corrected chi connectivity index (χ4v) is 2.39. The SMILES string of the molecule is Cc1ccc(-c2ccc(C=O)s2)c(CO)n1. The second kappa shape index (κ2) is 4.55. The molecule has 0 radical (unpaired) electrons. The molecule has 82 valence electrons. The van der Waals surface area contributed by atoms with Gasteiger partial charge in [-0.1, -0.05) is 0 Å². The van der Waals surface area contributed by atoms with Gasteiger partial charge in [0.05, 0.1) is 17.2 Å². The predicted molar refractivity (Wildman–Crippen MR) is 63.6 cm³/mol. The van der Waals surface area contributed by atoms with Crippen LogP contribution in [0.2, 0.25) is 0 Å². The lowest BCUT2D eigenvalue weighted by molar-refractivity contribution is 0.112. The predicted octanol–water partition coefficient (Wildman–Crippen LogP) is 2.42. The van der Waals surface area contributed by atoms with Gasteiger partial charge in [0.15, 0.2) is 6.29 Å². The van der Waals surface area contributed by atoms with Crippen molar-refractivity contribution in [2.24, 2.45) is 0 Å². The van der Waals surface area contributed by atoms with Crippen LogP contribution in [0, 0.1) is 6.92 Å². The molecule has 2 heterocycles. The standard InChI is InChI=1S/C12H11NO2S/c1-8-2-4-10(11(7-15)13-8)12-5-3-9(6-14)16-12/h2-6,15H,7H2,1H3. The molecule has 2 aromatic heterocycles. The number of rotatable bonds is 3. The van der Waals surface area contributed by atoms with Crippen LogP contribution in [-0.4, -0.2) is 16.4 Å². The Kier molecular flexibility index (Phi) is 3.12. The van der Waals surface area contributed by atoms with Crippen LogP contribution >= 0.6 is 11.3 Å². The van der Waals surface area contributed by atoms with Gasteiger partial charge in [0, 0.05) is 16.1 Å². The van der Waals surface area contributed by atoms with Crippen molar-refractivity contribution in [3.63, 3.8) is 0 Å². The zero-order valence-electron chi connectivity index (χ0n) is 8.80. The molecule has 2 aromatic rings. The Hall–Kier alpha value is -1.52. The molecule has 0 saturated carbocycles. The molecule has 0 unspecified atom stereocenters. The summed E-state index contributed by atoms with van der Waals surface area (Å²) in [6.07, 6.45) is 0.828. The van der Waals surface area contributed by atoms with Crippen LogP contribution < -0.4 is 0 Å². The maximum atomic E-state index is 10.6. The monoisotopic (exact) mass is 233 g/mol. The lowest BCUT2D eigenvalue weighted by atomic mass is 10.1. The number of carbonyl (C=O) groups excluding carboxylic acids is 1. The van der Waals surface area contributed by atoms with Crippen LogP contribution in [0.5, 0.6) is 0 Å². The first-order valence-corrected chi connectivity index (χ1v) is 5.69. The summed E-state index contributed by atoms with van der Waals surface area (Å²) in [6.45, 7) is 1.79. The topological polar surface area (TPSA) is 50.2 Å². The van der Waals surface area contributed by atoms with E-state index in [-0.39, 0.29) is 6.61 Å². The summed E-state index contributed by atoms with van der Waals surface area (Å²) in [5.41, 5.74) is 2.42. The van der Waals surface area contributed by atoms with Gasteiger partial charge >= 0.3 is 0 Å². The molecule has 2 rings (SSSR count). The first kappa shape index (κ1) is 11.0. The van der Waals surface area contributed by atoms with Crippen LogP contribution in [0.3, 0.4) is 0 Å². The van der Waals surface area contributed by atoms with E-state index in [0.29, 0.717) is 10.6 Å². The van der Waals surface area contributed by atoms with Gasteiger partial charge in [-0.05, 0) is 31.2 Å². The number of aromatic nitrogens is 1. The van der Waals surface area contributed by atoms with Crippen molar-refractivity contribution in [1.29, 1.82) is 0 Å². The molecule has 0 spiro atoms. The van der Waals surface area contributed by atoms with E-state index < -0.39 is 0 Å². The molecule has 0 aliphatic heterocycles. The number of thiophene rings is 1. The quantitative estimate of drug-likeness (QED) is 0.828. The van der Waals surface area contributed by atoms with Gasteiger partial charge in [-0.15, -0.1) is 11.3 Å². The zero-order valence-corrected chi connectivity index (χ0v) is 9.62. The number of carbonyl (C=O) groups is 1. The summed E-state index contributed by atoms with van der Waals surface area (Å²) in [4.78, 5) is 16.5. The summed E-state index contributed by atoms with van der Waals surface area (Å²) in [5.74, 6) is 0. The second-order valence-corrected chi connectivity index (χ2v) is 4.54. The number of aldehydes is 1. The first-order valence-electron chi connectivity index (χ1n) is 4.87. The molecule has 0 saturated heterocycles. The Morgan fingerprint density at radius 1 is 1.38 bits per heavy atom. The Balaban J connectivity index is 2.50. The van der Waals surface area contributed by atoms with E-state index in [1.165, 1.54) is 11.3 Å². The van der Waals surface area contributed by atoms with Gasteiger partial charge in [-0.3, -0.25) is 9.78 Å². The third-order valence-corrected chi connectivity index (χ3v) is 3.32. The molecular weight excluding hydrogens is 222 g/mol. The maximum Gasteiger partial charge on any atom is 0.160 e. The maximum absolute atomic E-state index is 10.6. The molecule has 0 aliphatic rings. The molecule has 0 amide bonds. The van der Waals surface area contributed by atoms with Gasteiger partial charge in [0.2, 0.25) is 0 Å². The number of aryl methyl sites for hydroxylation is 1. The summed E-state index contributed by atoms with van der Waals surface area (Å²) in [6, 6.07) is 7.47. The van der Waals surface area contributed by atoms with Crippen molar-refractivity contribution in [2.75, 3.05) is 0 Å². The van der Waals surface area contributed by atoms with Crippen molar-refractivity contribution in [3.8, 4) is 10.4 Å². The van der Waals surface area contributed by atoms with Crippen molar-refractivity contribution in [2.45, 2.75) is 13.5 Å². The van der Waals surface area contributed by atoms with Gasteiger partial charge in [-0.25, -0.2) is 0 Å². The van der Waals surface area contributed by atoms with E-state index in [0.717, 1.165) is 22.4 Å². The minimum absolute atomic E-state index is 0.0919. The Labute approximate surface area is 97.4 Å². The first-order chi connectivity index (χ1) is 7.74. The molecule has 0 aromatic carbocycles. The van der Waals surface area contributed by atoms with E-state index >= 15 is 0 Å². The highest BCUT2D eigenvalue weighted by molar-refractivity contribution is 7.17. The van der Waals surface area contributed by atoms with E-state index in [4.69, 9.17) is 0 Å². The van der Waals surface area contributed by atoms with E-state index in [1.54, 1.807) is 6.07 Å². The third kappa shape index (κ3) is 2.03. The van der Waals surface area contributed by atoms with Crippen molar-refractivity contribution < 1.29 is 9.90 Å². The van der Waals surface area contributed by atoms with Crippen LogP contribution in [0.25, 0.3) is 10.4 Å². The Bertz CT molecular complexity index is 519. The highest BCUT2D eigenvalue weighted by Gasteiger charge is 2.08. The van der Waals surface area contributed by atoms with Crippen LogP contribution in [-0.2, 0) is 6.61 Å². The number of aliphatic hydroxyl groups is 1. The summed E-state index contributed by atoms with van der Waals surface area (Å²) < 4.78 is 0. The molecular formula is C12H11NO2S. The largest absolute Gasteiger partial charge is 0.390 e. The molecule has 0 aliphatic carbocycles. The average Bonchev–Trinajstić information content (AvgIpc) is 2.77. The van der Waals surface area contributed by atoms with E-state index in [9.17, 15) is 9.90 Å². The highest BCUT2D eigenvalue weighted by atomic mass is 32.1. The minimum atomic E-state index is -0.0919. The normalized spacial score (nSPS) is 10.4.